The topological polar surface area (TPSA) is 18.5 Å². The predicted molar refractivity (Wildman–Crippen MR) is 152 cm³/mol. The number of unbranched alkanes of at least 4 members (excludes halogenated alkanes) is 5. The zero-order valence-electron chi connectivity index (χ0n) is 22.5. The first-order valence-electron chi connectivity index (χ1n) is 12.9. The van der Waals surface area contributed by atoms with Gasteiger partial charge in [0.2, 0.25) is 0 Å². The molecule has 2 aromatic carbocycles. The molecule has 0 aliphatic carbocycles. The van der Waals surface area contributed by atoms with E-state index in [9.17, 15) is 0 Å². The fraction of sp³-hybridized carbons (Fsp3) is 0.333. The zero-order chi connectivity index (χ0) is 26.5. The Morgan fingerprint density at radius 1 is 0.889 bits per heavy atom. The maximum atomic E-state index is 15.2. The first-order chi connectivity index (χ1) is 17.3. The summed E-state index contributed by atoms with van der Waals surface area (Å²) in [7, 11) is 0. The van der Waals surface area contributed by atoms with Crippen LogP contribution in [0.25, 0.3) is 16.7 Å². The van der Waals surface area contributed by atoms with Crippen LogP contribution in [0.1, 0.15) is 71.8 Å². The zero-order valence-corrected chi connectivity index (χ0v) is 22.5. The van der Waals surface area contributed by atoms with Crippen LogP contribution >= 0.6 is 0 Å². The molecule has 0 N–H and O–H groups in total. The van der Waals surface area contributed by atoms with E-state index in [0.29, 0.717) is 23.7 Å². The molecule has 0 heterocycles. The summed E-state index contributed by atoms with van der Waals surface area (Å²) in [5, 5.41) is 0. The lowest BCUT2D eigenvalue weighted by Gasteiger charge is -2.14. The van der Waals surface area contributed by atoms with Crippen molar-refractivity contribution in [3.8, 4) is 16.9 Å². The van der Waals surface area contributed by atoms with Gasteiger partial charge in [0.05, 0.1) is 6.61 Å². The van der Waals surface area contributed by atoms with Crippen LogP contribution < -0.4 is 4.74 Å². The minimum atomic E-state index is -0.287. The first-order valence-corrected chi connectivity index (χ1v) is 12.9. The van der Waals surface area contributed by atoms with Crippen LogP contribution in [0.2, 0.25) is 0 Å². The van der Waals surface area contributed by atoms with E-state index in [4.69, 9.17) is 9.47 Å². The molecule has 0 saturated carbocycles. The van der Waals surface area contributed by atoms with Crippen molar-refractivity contribution in [1.29, 1.82) is 0 Å². The second-order valence-corrected chi connectivity index (χ2v) is 9.17. The molecule has 2 aromatic rings. The van der Waals surface area contributed by atoms with Crippen molar-refractivity contribution in [3.63, 3.8) is 0 Å². The average molecular weight is 489 g/mol. The number of benzene rings is 2. The molecule has 0 unspecified atom stereocenters. The summed E-state index contributed by atoms with van der Waals surface area (Å²) in [5.41, 5.74) is 4.42. The van der Waals surface area contributed by atoms with E-state index in [-0.39, 0.29) is 5.82 Å². The van der Waals surface area contributed by atoms with Crippen molar-refractivity contribution >= 4 is 5.57 Å². The molecule has 0 aromatic heterocycles. The van der Waals surface area contributed by atoms with Crippen LogP contribution in [-0.2, 0) is 4.74 Å². The lowest BCUT2D eigenvalue weighted by Crippen LogP contribution is -1.97. The second-order valence-electron chi connectivity index (χ2n) is 9.17. The Hall–Kier alpha value is -3.33. The van der Waals surface area contributed by atoms with Gasteiger partial charge in [-0.25, -0.2) is 4.39 Å². The monoisotopic (exact) mass is 488 g/mol. The van der Waals surface area contributed by atoms with Crippen LogP contribution in [-0.4, -0.2) is 6.61 Å². The van der Waals surface area contributed by atoms with Gasteiger partial charge in [0.15, 0.2) is 0 Å². The van der Waals surface area contributed by atoms with Gasteiger partial charge in [-0.15, -0.1) is 0 Å². The Morgan fingerprint density at radius 2 is 1.56 bits per heavy atom. The van der Waals surface area contributed by atoms with Gasteiger partial charge in [0.25, 0.3) is 0 Å². The Morgan fingerprint density at radius 3 is 2.14 bits per heavy atom. The second kappa shape index (κ2) is 14.9. The normalized spacial score (nSPS) is 11.8. The Balaban J connectivity index is 2.09. The molecule has 0 aliphatic rings. The van der Waals surface area contributed by atoms with E-state index in [0.717, 1.165) is 40.0 Å². The van der Waals surface area contributed by atoms with E-state index >= 15 is 4.39 Å². The molecule has 0 radical (unpaired) electrons. The van der Waals surface area contributed by atoms with Gasteiger partial charge in [0.1, 0.15) is 23.1 Å². The maximum absolute atomic E-state index is 15.2. The van der Waals surface area contributed by atoms with Gasteiger partial charge >= 0.3 is 0 Å². The number of ether oxygens (including phenoxy) is 2. The van der Waals surface area contributed by atoms with Gasteiger partial charge in [-0.1, -0.05) is 89.1 Å². The summed E-state index contributed by atoms with van der Waals surface area (Å²) < 4.78 is 26.9. The lowest BCUT2D eigenvalue weighted by molar-refractivity contribution is 0.304. The molecule has 0 saturated heterocycles. The highest BCUT2D eigenvalue weighted by Gasteiger charge is 2.11. The van der Waals surface area contributed by atoms with Crippen molar-refractivity contribution in [2.45, 2.75) is 66.2 Å². The third-order valence-electron chi connectivity index (χ3n) is 5.96. The molecule has 192 valence electrons. The van der Waals surface area contributed by atoms with Crippen molar-refractivity contribution in [3.05, 3.63) is 108 Å². The summed E-state index contributed by atoms with van der Waals surface area (Å²) in [6.07, 6.45) is 11.2. The summed E-state index contributed by atoms with van der Waals surface area (Å²) in [6.45, 7) is 20.3. The minimum Gasteiger partial charge on any atom is -0.494 e. The molecule has 2 nitrogen and oxygen atoms in total. The van der Waals surface area contributed by atoms with Crippen molar-refractivity contribution in [2.24, 2.45) is 0 Å². The highest BCUT2D eigenvalue weighted by Crippen LogP contribution is 2.29. The third-order valence-corrected chi connectivity index (χ3v) is 5.96. The number of rotatable bonds is 15. The van der Waals surface area contributed by atoms with Gasteiger partial charge in [-0.2, -0.15) is 0 Å². The van der Waals surface area contributed by atoms with E-state index in [1.54, 1.807) is 6.07 Å². The molecule has 0 atom stereocenters. The van der Waals surface area contributed by atoms with Crippen LogP contribution in [0.4, 0.5) is 4.39 Å². The SMILES string of the molecule is C=C(C)C(=C)O/C(=C/C(=C\C)c1ccc(-c2ccc(OCCCCCCCC)cc2)c(F)c1)C(=C)C. The van der Waals surface area contributed by atoms with Crippen LogP contribution in [0.15, 0.2) is 97.0 Å². The quantitative estimate of drug-likeness (QED) is 0.141. The summed E-state index contributed by atoms with van der Waals surface area (Å²) in [6, 6.07) is 12.9. The van der Waals surface area contributed by atoms with Crippen molar-refractivity contribution < 1.29 is 13.9 Å². The van der Waals surface area contributed by atoms with Gasteiger partial charge < -0.3 is 9.47 Å². The van der Waals surface area contributed by atoms with E-state index in [1.807, 2.05) is 69.3 Å². The maximum Gasteiger partial charge on any atom is 0.131 e. The molecule has 0 amide bonds. The standard InChI is InChI=1S/C33H41FO2/c1-8-10-11-12-13-14-21-35-30-18-15-28(16-19-30)31-20-17-29(22-32(31)34)27(9-2)23-33(25(5)6)36-26(7)24(3)4/h9,15-20,22-23H,3,5,7-8,10-14,21H2,1-2,4,6H3/b27-9+,33-23+. The van der Waals surface area contributed by atoms with Gasteiger partial charge in [-0.3, -0.25) is 0 Å². The fourth-order valence-corrected chi connectivity index (χ4v) is 3.67. The third kappa shape index (κ3) is 9.03. The highest BCUT2D eigenvalue weighted by atomic mass is 19.1. The minimum absolute atomic E-state index is 0.287. The Labute approximate surface area is 217 Å². The van der Waals surface area contributed by atoms with E-state index in [1.165, 1.54) is 32.1 Å². The summed E-state index contributed by atoms with van der Waals surface area (Å²) in [4.78, 5) is 0. The number of hydrogen-bond donors (Lipinski definition) is 0. The lowest BCUT2D eigenvalue weighted by atomic mass is 9.98. The first kappa shape index (κ1) is 28.9. The molecule has 0 aliphatic heterocycles. The molecule has 0 bridgehead atoms. The molecule has 36 heavy (non-hydrogen) atoms. The Kier molecular flexibility index (Phi) is 12.0. The van der Waals surface area contributed by atoms with Crippen molar-refractivity contribution in [2.75, 3.05) is 6.61 Å². The van der Waals surface area contributed by atoms with E-state index < -0.39 is 0 Å². The number of hydrogen-bond acceptors (Lipinski definition) is 2. The molecule has 0 spiro atoms. The van der Waals surface area contributed by atoms with Crippen molar-refractivity contribution in [1.82, 2.24) is 0 Å². The van der Waals surface area contributed by atoms with Gasteiger partial charge in [0, 0.05) is 5.56 Å². The fourth-order valence-electron chi connectivity index (χ4n) is 3.67. The molecular formula is C33H41FO2. The molecule has 2 rings (SSSR count). The summed E-state index contributed by atoms with van der Waals surface area (Å²) in [5.74, 6) is 1.57. The van der Waals surface area contributed by atoms with Crippen LogP contribution in [0, 0.1) is 5.82 Å². The summed E-state index contributed by atoms with van der Waals surface area (Å²) >= 11 is 0. The van der Waals surface area contributed by atoms with Gasteiger partial charge in [-0.05, 0) is 79.3 Å². The van der Waals surface area contributed by atoms with Crippen LogP contribution in [0.3, 0.4) is 0 Å². The number of allylic oxidation sites excluding steroid dienone is 5. The molecular weight excluding hydrogens is 447 g/mol. The van der Waals surface area contributed by atoms with E-state index in [2.05, 4.69) is 26.7 Å². The number of halogens is 1. The smallest absolute Gasteiger partial charge is 0.131 e. The Bertz CT molecular complexity index is 1100. The highest BCUT2D eigenvalue weighted by molar-refractivity contribution is 5.77. The van der Waals surface area contributed by atoms with Crippen LogP contribution in [0.5, 0.6) is 5.75 Å². The largest absolute Gasteiger partial charge is 0.494 e. The average Bonchev–Trinajstić information content (AvgIpc) is 2.86. The molecule has 0 fully saturated rings. The molecule has 3 heteroatoms. The predicted octanol–water partition coefficient (Wildman–Crippen LogP) is 10.2.